The number of rotatable bonds is 4. The molecule has 1 fully saturated rings. The third-order valence-corrected chi connectivity index (χ3v) is 3.41. The zero-order valence-electron chi connectivity index (χ0n) is 10.9. The SMILES string of the molecule is CCC(N)c1ccccc1OC1CCN(C)C1=O. The van der Waals surface area contributed by atoms with Gasteiger partial charge in [0.05, 0.1) is 0 Å². The predicted molar refractivity (Wildman–Crippen MR) is 70.3 cm³/mol. The van der Waals surface area contributed by atoms with E-state index < -0.39 is 0 Å². The first-order chi connectivity index (χ1) is 8.63. The molecule has 1 aromatic carbocycles. The Kier molecular flexibility index (Phi) is 3.87. The van der Waals surface area contributed by atoms with Crippen LogP contribution in [0.1, 0.15) is 31.4 Å². The van der Waals surface area contributed by atoms with Gasteiger partial charge in [-0.15, -0.1) is 0 Å². The summed E-state index contributed by atoms with van der Waals surface area (Å²) < 4.78 is 5.84. The molecule has 2 unspecified atom stereocenters. The summed E-state index contributed by atoms with van der Waals surface area (Å²) >= 11 is 0. The van der Waals surface area contributed by atoms with Gasteiger partial charge in [-0.25, -0.2) is 0 Å². The number of amides is 1. The normalized spacial score (nSPS) is 21.2. The molecule has 0 aromatic heterocycles. The van der Waals surface area contributed by atoms with Crippen LogP contribution >= 0.6 is 0 Å². The van der Waals surface area contributed by atoms with Crippen molar-refractivity contribution < 1.29 is 9.53 Å². The van der Waals surface area contributed by atoms with Crippen molar-refractivity contribution in [3.63, 3.8) is 0 Å². The van der Waals surface area contributed by atoms with Gasteiger partial charge < -0.3 is 15.4 Å². The van der Waals surface area contributed by atoms with Crippen molar-refractivity contribution in [1.29, 1.82) is 0 Å². The maximum Gasteiger partial charge on any atom is 0.263 e. The number of likely N-dealkylation sites (N-methyl/N-ethyl adjacent to an activating group) is 1. The molecule has 1 aliphatic rings. The lowest BCUT2D eigenvalue weighted by atomic mass is 10.0. The third-order valence-electron chi connectivity index (χ3n) is 3.41. The lowest BCUT2D eigenvalue weighted by Gasteiger charge is -2.18. The van der Waals surface area contributed by atoms with E-state index in [0.29, 0.717) is 0 Å². The minimum atomic E-state index is -0.361. The zero-order chi connectivity index (χ0) is 13.1. The molecule has 1 amide bonds. The zero-order valence-corrected chi connectivity index (χ0v) is 10.9. The maximum absolute atomic E-state index is 11.8. The summed E-state index contributed by atoms with van der Waals surface area (Å²) in [4.78, 5) is 13.5. The van der Waals surface area contributed by atoms with Crippen LogP contribution in [-0.2, 0) is 4.79 Å². The van der Waals surface area contributed by atoms with Crippen LogP contribution in [-0.4, -0.2) is 30.5 Å². The molecule has 1 aromatic rings. The van der Waals surface area contributed by atoms with E-state index in [9.17, 15) is 4.79 Å². The summed E-state index contributed by atoms with van der Waals surface area (Å²) in [6, 6.07) is 7.66. The number of nitrogens with two attached hydrogens (primary N) is 1. The highest BCUT2D eigenvalue weighted by atomic mass is 16.5. The number of para-hydroxylation sites is 1. The topological polar surface area (TPSA) is 55.6 Å². The average molecular weight is 248 g/mol. The van der Waals surface area contributed by atoms with Gasteiger partial charge in [-0.1, -0.05) is 25.1 Å². The van der Waals surface area contributed by atoms with Crippen LogP contribution in [0.4, 0.5) is 0 Å². The molecular formula is C14H20N2O2. The maximum atomic E-state index is 11.8. The first-order valence-electron chi connectivity index (χ1n) is 6.39. The number of carbonyl (C=O) groups is 1. The molecule has 2 rings (SSSR count). The number of hydrogen-bond donors (Lipinski definition) is 1. The largest absolute Gasteiger partial charge is 0.480 e. The van der Waals surface area contributed by atoms with Gasteiger partial charge in [-0.05, 0) is 12.5 Å². The number of nitrogens with zero attached hydrogens (tertiary/aromatic N) is 1. The second-order valence-corrected chi connectivity index (χ2v) is 4.71. The second kappa shape index (κ2) is 5.40. The molecule has 1 aliphatic heterocycles. The van der Waals surface area contributed by atoms with Crippen molar-refractivity contribution in [2.24, 2.45) is 5.73 Å². The van der Waals surface area contributed by atoms with Crippen LogP contribution < -0.4 is 10.5 Å². The Hall–Kier alpha value is -1.55. The van der Waals surface area contributed by atoms with E-state index >= 15 is 0 Å². The molecule has 1 heterocycles. The van der Waals surface area contributed by atoms with Crippen LogP contribution in [0, 0.1) is 0 Å². The van der Waals surface area contributed by atoms with E-state index in [1.54, 1.807) is 11.9 Å². The van der Waals surface area contributed by atoms with Crippen molar-refractivity contribution in [3.05, 3.63) is 29.8 Å². The molecule has 0 saturated carbocycles. The predicted octanol–water partition coefficient (Wildman–Crippen LogP) is 1.71. The summed E-state index contributed by atoms with van der Waals surface area (Å²) in [5.41, 5.74) is 7.03. The molecule has 18 heavy (non-hydrogen) atoms. The lowest BCUT2D eigenvalue weighted by molar-refractivity contribution is -0.132. The summed E-state index contributed by atoms with van der Waals surface area (Å²) in [6.45, 7) is 2.79. The van der Waals surface area contributed by atoms with Crippen molar-refractivity contribution in [3.8, 4) is 5.75 Å². The van der Waals surface area contributed by atoms with Crippen LogP contribution in [0.25, 0.3) is 0 Å². The van der Waals surface area contributed by atoms with E-state index in [0.717, 1.165) is 30.7 Å². The molecule has 98 valence electrons. The van der Waals surface area contributed by atoms with Crippen molar-refractivity contribution in [1.82, 2.24) is 4.90 Å². The highest BCUT2D eigenvalue weighted by Gasteiger charge is 2.31. The summed E-state index contributed by atoms with van der Waals surface area (Å²) in [5.74, 6) is 0.787. The van der Waals surface area contributed by atoms with Gasteiger partial charge in [0.1, 0.15) is 5.75 Å². The first-order valence-corrected chi connectivity index (χ1v) is 6.39. The Morgan fingerprint density at radius 3 is 2.83 bits per heavy atom. The van der Waals surface area contributed by atoms with E-state index in [2.05, 4.69) is 0 Å². The molecule has 0 bridgehead atoms. The molecule has 4 nitrogen and oxygen atoms in total. The van der Waals surface area contributed by atoms with Crippen molar-refractivity contribution in [2.75, 3.05) is 13.6 Å². The van der Waals surface area contributed by atoms with E-state index in [1.165, 1.54) is 0 Å². The molecule has 2 atom stereocenters. The Morgan fingerprint density at radius 2 is 2.22 bits per heavy atom. The fraction of sp³-hybridized carbons (Fsp3) is 0.500. The molecule has 0 spiro atoms. The van der Waals surface area contributed by atoms with Gasteiger partial charge in [-0.3, -0.25) is 4.79 Å². The van der Waals surface area contributed by atoms with Gasteiger partial charge in [0, 0.05) is 31.6 Å². The number of likely N-dealkylation sites (tertiary alicyclic amines) is 1. The standard InChI is InChI=1S/C14H20N2O2/c1-3-11(15)10-6-4-5-7-12(10)18-13-8-9-16(2)14(13)17/h4-7,11,13H,3,8-9,15H2,1-2H3. The van der Waals surface area contributed by atoms with E-state index in [-0.39, 0.29) is 18.1 Å². The summed E-state index contributed by atoms with van der Waals surface area (Å²) in [7, 11) is 1.80. The molecule has 0 radical (unpaired) electrons. The van der Waals surface area contributed by atoms with Gasteiger partial charge in [0.25, 0.3) is 5.91 Å². The Morgan fingerprint density at radius 1 is 1.50 bits per heavy atom. The molecule has 0 aliphatic carbocycles. The summed E-state index contributed by atoms with van der Waals surface area (Å²) in [6.07, 6.45) is 1.23. The Balaban J connectivity index is 2.16. The Labute approximate surface area is 108 Å². The van der Waals surface area contributed by atoms with Gasteiger partial charge in [-0.2, -0.15) is 0 Å². The van der Waals surface area contributed by atoms with Crippen molar-refractivity contribution in [2.45, 2.75) is 31.9 Å². The van der Waals surface area contributed by atoms with Crippen LogP contribution in [0.2, 0.25) is 0 Å². The molecule has 4 heteroatoms. The third kappa shape index (κ3) is 2.48. The van der Waals surface area contributed by atoms with Crippen molar-refractivity contribution >= 4 is 5.91 Å². The van der Waals surface area contributed by atoms with Crippen LogP contribution in [0.5, 0.6) is 5.75 Å². The highest BCUT2D eigenvalue weighted by Crippen LogP contribution is 2.28. The number of ether oxygens (including phenoxy) is 1. The first kappa shape index (κ1) is 12.9. The molecular weight excluding hydrogens is 228 g/mol. The fourth-order valence-corrected chi connectivity index (χ4v) is 2.17. The quantitative estimate of drug-likeness (QED) is 0.882. The lowest BCUT2D eigenvalue weighted by Crippen LogP contribution is -2.29. The fourth-order valence-electron chi connectivity index (χ4n) is 2.17. The van der Waals surface area contributed by atoms with E-state index in [1.807, 2.05) is 31.2 Å². The highest BCUT2D eigenvalue weighted by molar-refractivity contribution is 5.83. The Bertz CT molecular complexity index is 434. The van der Waals surface area contributed by atoms with Crippen LogP contribution in [0.15, 0.2) is 24.3 Å². The smallest absolute Gasteiger partial charge is 0.263 e. The second-order valence-electron chi connectivity index (χ2n) is 4.71. The number of benzene rings is 1. The minimum Gasteiger partial charge on any atom is -0.480 e. The molecule has 1 saturated heterocycles. The van der Waals surface area contributed by atoms with E-state index in [4.69, 9.17) is 10.5 Å². The number of hydrogen-bond acceptors (Lipinski definition) is 3. The monoisotopic (exact) mass is 248 g/mol. The van der Waals surface area contributed by atoms with Gasteiger partial charge in [0.15, 0.2) is 6.10 Å². The average Bonchev–Trinajstić information content (AvgIpc) is 2.70. The summed E-state index contributed by atoms with van der Waals surface area (Å²) in [5, 5.41) is 0. The number of carbonyl (C=O) groups excluding carboxylic acids is 1. The van der Waals surface area contributed by atoms with Gasteiger partial charge >= 0.3 is 0 Å². The molecule has 2 N–H and O–H groups in total. The minimum absolute atomic E-state index is 0.0459. The van der Waals surface area contributed by atoms with Crippen LogP contribution in [0.3, 0.4) is 0 Å². The van der Waals surface area contributed by atoms with Gasteiger partial charge in [0.2, 0.25) is 0 Å².